The molecule has 0 spiro atoms. The normalized spacial score (nSPS) is 13.9. The van der Waals surface area contributed by atoms with Gasteiger partial charge in [0.1, 0.15) is 41.7 Å². The van der Waals surface area contributed by atoms with Crippen molar-refractivity contribution in [3.8, 4) is 11.5 Å². The van der Waals surface area contributed by atoms with Crippen LogP contribution in [0.15, 0.2) is 48.5 Å². The Labute approximate surface area is 332 Å². The second-order valence-corrected chi connectivity index (χ2v) is 13.8. The Morgan fingerprint density at radius 2 is 0.983 bits per heavy atom. The van der Waals surface area contributed by atoms with E-state index in [-0.39, 0.29) is 36.7 Å². The number of benzene rings is 2. The van der Waals surface area contributed by atoms with E-state index in [2.05, 4.69) is 31.9 Å². The summed E-state index contributed by atoms with van der Waals surface area (Å²) >= 11 is 0. The molecule has 2 rings (SSSR count). The minimum absolute atomic E-state index is 0.0114. The number of aliphatic carboxylic acids is 3. The fourth-order valence-electron chi connectivity index (χ4n) is 5.28. The Kier molecular flexibility index (Phi) is 18.5. The van der Waals surface area contributed by atoms with E-state index < -0.39 is 109 Å². The highest BCUT2D eigenvalue weighted by atomic mass is 16.4. The van der Waals surface area contributed by atoms with E-state index in [9.17, 15) is 68.7 Å². The second kappa shape index (κ2) is 22.7. The fourth-order valence-corrected chi connectivity index (χ4v) is 5.28. The van der Waals surface area contributed by atoms with Crippen LogP contribution in [0.3, 0.4) is 0 Å². The van der Waals surface area contributed by atoms with Crippen LogP contribution in [0.4, 0.5) is 0 Å². The van der Waals surface area contributed by atoms with Crippen molar-refractivity contribution in [2.75, 3.05) is 6.54 Å². The first-order valence-electron chi connectivity index (χ1n) is 17.9. The van der Waals surface area contributed by atoms with E-state index in [1.807, 2.05) is 0 Å². The highest BCUT2D eigenvalue weighted by molar-refractivity contribution is 5.98. The van der Waals surface area contributed by atoms with Crippen LogP contribution in [-0.2, 0) is 56.0 Å². The fraction of sp³-hybridized carbons (Fsp3) is 0.432. The summed E-state index contributed by atoms with van der Waals surface area (Å²) in [4.78, 5) is 113. The van der Waals surface area contributed by atoms with Gasteiger partial charge in [-0.2, -0.15) is 0 Å². The Bertz CT molecular complexity index is 1800. The smallest absolute Gasteiger partial charge is 0.326 e. The van der Waals surface area contributed by atoms with Crippen LogP contribution in [0.5, 0.6) is 11.5 Å². The average molecular weight is 816 g/mol. The number of amides is 6. The summed E-state index contributed by atoms with van der Waals surface area (Å²) < 4.78 is 0. The number of nitrogens with one attached hydrogen (secondary N) is 6. The highest BCUT2D eigenvalue weighted by Gasteiger charge is 2.33. The molecule has 6 unspecified atom stereocenters. The molecule has 316 valence electrons. The third-order valence-corrected chi connectivity index (χ3v) is 8.28. The molecule has 0 fully saturated rings. The summed E-state index contributed by atoms with van der Waals surface area (Å²) in [5, 5.41) is 60.9. The molecule has 58 heavy (non-hydrogen) atoms. The van der Waals surface area contributed by atoms with Crippen LogP contribution in [0.1, 0.15) is 51.2 Å². The number of phenolic OH excluding ortho intramolecular Hbond substituents is 2. The van der Waals surface area contributed by atoms with Gasteiger partial charge >= 0.3 is 17.9 Å². The van der Waals surface area contributed by atoms with Crippen molar-refractivity contribution in [3.05, 3.63) is 59.7 Å². The van der Waals surface area contributed by atoms with Crippen molar-refractivity contribution >= 4 is 53.4 Å². The number of hydrogen-bond acceptors (Lipinski definition) is 12. The summed E-state index contributed by atoms with van der Waals surface area (Å²) in [6.07, 6.45) is -2.14. The van der Waals surface area contributed by atoms with E-state index >= 15 is 0 Å². The van der Waals surface area contributed by atoms with Gasteiger partial charge in [-0.3, -0.25) is 38.4 Å². The monoisotopic (exact) mass is 815 g/mol. The Hall–Kier alpha value is -6.77. The van der Waals surface area contributed by atoms with Crippen molar-refractivity contribution in [2.24, 2.45) is 11.7 Å². The summed E-state index contributed by atoms with van der Waals surface area (Å²) in [6, 6.07) is 2.30. The van der Waals surface area contributed by atoms with Crippen LogP contribution >= 0.6 is 0 Å². The molecule has 0 radical (unpaired) electrons. The largest absolute Gasteiger partial charge is 0.508 e. The molecule has 2 aromatic carbocycles. The topological polar surface area (TPSA) is 353 Å². The quantitative estimate of drug-likeness (QED) is 0.0569. The van der Waals surface area contributed by atoms with E-state index in [1.54, 1.807) is 26.0 Å². The minimum Gasteiger partial charge on any atom is -0.508 e. The zero-order valence-electron chi connectivity index (χ0n) is 31.9. The van der Waals surface area contributed by atoms with Gasteiger partial charge in [0, 0.05) is 6.42 Å². The Morgan fingerprint density at radius 1 is 0.552 bits per heavy atom. The molecule has 13 N–H and O–H groups in total. The number of carboxylic acids is 3. The van der Waals surface area contributed by atoms with Crippen LogP contribution in [0.2, 0.25) is 0 Å². The number of carboxylic acid groups (broad SMARTS) is 3. The maximum Gasteiger partial charge on any atom is 0.326 e. The van der Waals surface area contributed by atoms with Crippen LogP contribution in [0.25, 0.3) is 0 Å². The lowest BCUT2D eigenvalue weighted by atomic mass is 10.0. The Balaban J connectivity index is 2.07. The molecular weight excluding hydrogens is 766 g/mol. The van der Waals surface area contributed by atoms with Crippen molar-refractivity contribution < 1.29 is 68.7 Å². The van der Waals surface area contributed by atoms with Crippen LogP contribution in [-0.4, -0.2) is 122 Å². The number of rotatable bonds is 23. The predicted molar refractivity (Wildman–Crippen MR) is 202 cm³/mol. The lowest BCUT2D eigenvalue weighted by molar-refractivity contribution is -0.144. The standard InChI is InChI=1S/C37H49N7O14/c1-18(2)12-25(35(55)43-27(16-31(50)51)36(56)44-28(37(57)58)14-21-6-10-23(46)11-7-21)42-32(52)19(3)40-34(54)26(15-30(48)49)41-29(47)17-39-33(53)24(38)13-20-4-8-22(45)9-5-20/h4-11,18-19,24-28,45-46H,12-17,38H2,1-3H3,(H,39,53)(H,40,54)(H,41,47)(H,42,52)(H,43,55)(H,44,56)(H,48,49)(H,50,51)(H,57,58). The van der Waals surface area contributed by atoms with Crippen LogP contribution < -0.4 is 37.6 Å². The molecular formula is C37H49N7O14. The number of carbonyl (C=O) groups is 9. The molecule has 0 aliphatic heterocycles. The van der Waals surface area contributed by atoms with Gasteiger partial charge in [-0.15, -0.1) is 0 Å². The van der Waals surface area contributed by atoms with Gasteiger partial charge in [0.15, 0.2) is 0 Å². The second-order valence-electron chi connectivity index (χ2n) is 13.8. The molecule has 6 amide bonds. The van der Waals surface area contributed by atoms with Crippen molar-refractivity contribution in [1.29, 1.82) is 0 Å². The lowest BCUT2D eigenvalue weighted by Gasteiger charge is -2.26. The summed E-state index contributed by atoms with van der Waals surface area (Å²) in [7, 11) is 0. The first kappa shape index (κ1) is 47.4. The van der Waals surface area contributed by atoms with E-state index in [1.165, 1.54) is 43.3 Å². The van der Waals surface area contributed by atoms with E-state index in [4.69, 9.17) is 5.73 Å². The Morgan fingerprint density at radius 3 is 1.47 bits per heavy atom. The summed E-state index contributed by atoms with van der Waals surface area (Å²) in [6.45, 7) is 3.87. The number of nitrogens with two attached hydrogens (primary N) is 1. The first-order valence-corrected chi connectivity index (χ1v) is 17.9. The molecule has 0 bridgehead atoms. The molecule has 6 atom stereocenters. The van der Waals surface area contributed by atoms with Gasteiger partial charge in [-0.25, -0.2) is 4.79 Å². The lowest BCUT2D eigenvalue weighted by Crippen LogP contribution is -2.59. The number of aromatic hydroxyl groups is 2. The molecule has 2 aromatic rings. The molecule has 21 nitrogen and oxygen atoms in total. The first-order chi connectivity index (χ1) is 27.1. The highest BCUT2D eigenvalue weighted by Crippen LogP contribution is 2.13. The van der Waals surface area contributed by atoms with Crippen molar-refractivity contribution in [2.45, 2.75) is 89.1 Å². The zero-order valence-corrected chi connectivity index (χ0v) is 31.9. The molecule has 0 aliphatic carbocycles. The molecule has 0 saturated heterocycles. The maximum atomic E-state index is 13.4. The molecule has 21 heteroatoms. The van der Waals surface area contributed by atoms with Gasteiger partial charge < -0.3 is 63.2 Å². The van der Waals surface area contributed by atoms with Gasteiger partial charge in [-0.05, 0) is 61.1 Å². The van der Waals surface area contributed by atoms with Gasteiger partial charge in [0.2, 0.25) is 35.4 Å². The van der Waals surface area contributed by atoms with E-state index in [0.29, 0.717) is 11.1 Å². The van der Waals surface area contributed by atoms with Crippen LogP contribution in [0, 0.1) is 5.92 Å². The van der Waals surface area contributed by atoms with Gasteiger partial charge in [0.25, 0.3) is 0 Å². The summed E-state index contributed by atoms with van der Waals surface area (Å²) in [5.74, 6) is -10.8. The minimum atomic E-state index is -1.80. The number of carbonyl (C=O) groups excluding carboxylic acids is 6. The summed E-state index contributed by atoms with van der Waals surface area (Å²) in [5.41, 5.74) is 6.92. The molecule has 0 heterocycles. The van der Waals surface area contributed by atoms with Crippen molar-refractivity contribution in [3.63, 3.8) is 0 Å². The predicted octanol–water partition coefficient (Wildman–Crippen LogP) is -2.15. The molecule has 0 aliphatic rings. The zero-order chi connectivity index (χ0) is 43.7. The number of phenols is 2. The third-order valence-electron chi connectivity index (χ3n) is 8.28. The number of hydrogen-bond donors (Lipinski definition) is 12. The third kappa shape index (κ3) is 16.9. The SMILES string of the molecule is CC(C)CC(NC(=O)C(C)NC(=O)C(CC(=O)O)NC(=O)CNC(=O)C(N)Cc1ccc(O)cc1)C(=O)NC(CC(=O)O)C(=O)NC(Cc1ccc(O)cc1)C(=O)O. The van der Waals surface area contributed by atoms with Gasteiger partial charge in [0.05, 0.1) is 25.4 Å². The van der Waals surface area contributed by atoms with Crippen molar-refractivity contribution in [1.82, 2.24) is 31.9 Å². The average Bonchev–Trinajstić information content (AvgIpc) is 3.13. The van der Waals surface area contributed by atoms with Gasteiger partial charge in [-0.1, -0.05) is 38.1 Å². The molecule has 0 saturated carbocycles. The molecule has 0 aromatic heterocycles. The van der Waals surface area contributed by atoms with E-state index in [0.717, 1.165) is 0 Å². The maximum absolute atomic E-state index is 13.4.